The van der Waals surface area contributed by atoms with Crippen LogP contribution in [-0.2, 0) is 0 Å². The average Bonchev–Trinajstić information content (AvgIpc) is 2.73. The van der Waals surface area contributed by atoms with Crippen molar-refractivity contribution in [3.63, 3.8) is 0 Å². The molecule has 7 heteroatoms. The zero-order chi connectivity index (χ0) is 20.1. The van der Waals surface area contributed by atoms with Crippen LogP contribution < -0.4 is 19.7 Å². The Balaban J connectivity index is 1.85. The Hall–Kier alpha value is -3.61. The van der Waals surface area contributed by atoms with E-state index < -0.39 is 0 Å². The summed E-state index contributed by atoms with van der Waals surface area (Å²) in [5.41, 5.74) is 2.49. The Morgan fingerprint density at radius 3 is 2.36 bits per heavy atom. The van der Waals surface area contributed by atoms with Crippen LogP contribution in [0.3, 0.4) is 0 Å². The van der Waals surface area contributed by atoms with E-state index in [9.17, 15) is 4.79 Å². The lowest BCUT2D eigenvalue weighted by Gasteiger charge is -2.18. The third-order valence-electron chi connectivity index (χ3n) is 4.16. The largest absolute Gasteiger partial charge is 0.493 e. The molecule has 0 unspecified atom stereocenters. The molecular formula is C21H22N4O3. The Morgan fingerprint density at radius 2 is 1.68 bits per heavy atom. The van der Waals surface area contributed by atoms with E-state index >= 15 is 0 Å². The summed E-state index contributed by atoms with van der Waals surface area (Å²) in [5, 5.41) is 2.83. The number of hydrogen-bond donors (Lipinski definition) is 1. The van der Waals surface area contributed by atoms with Crippen LogP contribution in [0.4, 0.5) is 17.3 Å². The molecule has 0 aliphatic carbocycles. The fourth-order valence-corrected chi connectivity index (χ4v) is 2.70. The molecule has 1 amide bonds. The van der Waals surface area contributed by atoms with Crippen molar-refractivity contribution in [2.24, 2.45) is 0 Å². The number of ether oxygens (including phenoxy) is 2. The van der Waals surface area contributed by atoms with E-state index in [1.807, 2.05) is 49.2 Å². The Labute approximate surface area is 164 Å². The van der Waals surface area contributed by atoms with Crippen LogP contribution in [0, 0.1) is 6.92 Å². The van der Waals surface area contributed by atoms with Crippen LogP contribution >= 0.6 is 0 Å². The SMILES string of the molecule is COc1ccc(NC(=O)c2cc(C)nc(N(C)c3ccccc3)n2)cc1OC. The third kappa shape index (κ3) is 4.20. The lowest BCUT2D eigenvalue weighted by atomic mass is 10.2. The number of nitrogens with zero attached hydrogens (tertiary/aromatic N) is 3. The topological polar surface area (TPSA) is 76.6 Å². The van der Waals surface area contributed by atoms with Gasteiger partial charge in [0.25, 0.3) is 5.91 Å². The predicted molar refractivity (Wildman–Crippen MR) is 109 cm³/mol. The first-order valence-corrected chi connectivity index (χ1v) is 8.69. The molecule has 144 valence electrons. The predicted octanol–water partition coefficient (Wildman–Crippen LogP) is 3.82. The van der Waals surface area contributed by atoms with Gasteiger partial charge < -0.3 is 19.7 Å². The third-order valence-corrected chi connectivity index (χ3v) is 4.16. The zero-order valence-corrected chi connectivity index (χ0v) is 16.3. The summed E-state index contributed by atoms with van der Waals surface area (Å²) < 4.78 is 10.5. The fraction of sp³-hybridized carbons (Fsp3) is 0.190. The highest BCUT2D eigenvalue weighted by Gasteiger charge is 2.15. The minimum absolute atomic E-state index is 0.278. The molecule has 1 N–H and O–H groups in total. The van der Waals surface area contributed by atoms with Gasteiger partial charge in [-0.25, -0.2) is 9.97 Å². The van der Waals surface area contributed by atoms with Crippen LogP contribution in [-0.4, -0.2) is 37.1 Å². The first kappa shape index (κ1) is 19.2. The number of para-hydroxylation sites is 1. The normalized spacial score (nSPS) is 10.3. The minimum Gasteiger partial charge on any atom is -0.493 e. The molecule has 0 spiro atoms. The second-order valence-corrected chi connectivity index (χ2v) is 6.11. The fourth-order valence-electron chi connectivity index (χ4n) is 2.70. The number of aryl methyl sites for hydroxylation is 1. The maximum Gasteiger partial charge on any atom is 0.274 e. The number of aromatic nitrogens is 2. The highest BCUT2D eigenvalue weighted by Crippen LogP contribution is 2.30. The van der Waals surface area contributed by atoms with Crippen molar-refractivity contribution in [3.8, 4) is 11.5 Å². The maximum atomic E-state index is 12.7. The number of carbonyl (C=O) groups excluding carboxylic acids is 1. The quantitative estimate of drug-likeness (QED) is 0.703. The number of rotatable bonds is 6. The summed E-state index contributed by atoms with van der Waals surface area (Å²) >= 11 is 0. The van der Waals surface area contributed by atoms with E-state index in [-0.39, 0.29) is 11.6 Å². The Bertz CT molecular complexity index is 977. The number of methoxy groups -OCH3 is 2. The van der Waals surface area contributed by atoms with Crippen LogP contribution in [0.5, 0.6) is 11.5 Å². The van der Waals surface area contributed by atoms with Crippen molar-refractivity contribution in [2.75, 3.05) is 31.5 Å². The number of benzene rings is 2. The Morgan fingerprint density at radius 1 is 0.964 bits per heavy atom. The summed E-state index contributed by atoms with van der Waals surface area (Å²) in [6, 6.07) is 16.5. The molecule has 3 rings (SSSR count). The van der Waals surface area contributed by atoms with Crippen LogP contribution in [0.2, 0.25) is 0 Å². The van der Waals surface area contributed by atoms with Gasteiger partial charge in [0.2, 0.25) is 5.95 Å². The van der Waals surface area contributed by atoms with E-state index in [1.165, 1.54) is 0 Å². The first-order chi connectivity index (χ1) is 13.5. The van der Waals surface area contributed by atoms with Gasteiger partial charge in [0.15, 0.2) is 11.5 Å². The van der Waals surface area contributed by atoms with Crippen molar-refractivity contribution >= 4 is 23.2 Å². The monoisotopic (exact) mass is 378 g/mol. The standard InChI is InChI=1S/C21H22N4O3/c1-14-12-17(24-21(22-14)25(2)16-8-6-5-7-9-16)20(26)23-15-10-11-18(27-3)19(13-15)28-4/h5-13H,1-4H3,(H,23,26). The summed E-state index contributed by atoms with van der Waals surface area (Å²) in [6.07, 6.45) is 0. The molecular weight excluding hydrogens is 356 g/mol. The number of anilines is 3. The van der Waals surface area contributed by atoms with Gasteiger partial charge in [0.05, 0.1) is 14.2 Å². The molecule has 3 aromatic rings. The summed E-state index contributed by atoms with van der Waals surface area (Å²) in [6.45, 7) is 1.83. The van der Waals surface area contributed by atoms with E-state index in [0.29, 0.717) is 28.8 Å². The number of carbonyl (C=O) groups is 1. The van der Waals surface area contributed by atoms with Gasteiger partial charge in [-0.2, -0.15) is 0 Å². The van der Waals surface area contributed by atoms with Gasteiger partial charge in [-0.05, 0) is 37.3 Å². The van der Waals surface area contributed by atoms with Gasteiger partial charge in [-0.1, -0.05) is 18.2 Å². The number of amides is 1. The maximum absolute atomic E-state index is 12.7. The Kier molecular flexibility index (Phi) is 5.74. The van der Waals surface area contributed by atoms with Gasteiger partial charge in [0, 0.05) is 30.2 Å². The van der Waals surface area contributed by atoms with Gasteiger partial charge in [-0.3, -0.25) is 4.79 Å². The molecule has 0 bridgehead atoms. The van der Waals surface area contributed by atoms with E-state index in [0.717, 1.165) is 5.69 Å². The van der Waals surface area contributed by atoms with Gasteiger partial charge in [-0.15, -0.1) is 0 Å². The smallest absolute Gasteiger partial charge is 0.274 e. The van der Waals surface area contributed by atoms with Crippen molar-refractivity contribution in [3.05, 3.63) is 66.0 Å². The molecule has 7 nitrogen and oxygen atoms in total. The molecule has 0 atom stereocenters. The zero-order valence-electron chi connectivity index (χ0n) is 16.3. The molecule has 0 aliphatic heterocycles. The van der Waals surface area contributed by atoms with Crippen molar-refractivity contribution in [2.45, 2.75) is 6.92 Å². The number of nitrogens with one attached hydrogen (secondary N) is 1. The highest BCUT2D eigenvalue weighted by atomic mass is 16.5. The summed E-state index contributed by atoms with van der Waals surface area (Å²) in [7, 11) is 4.97. The average molecular weight is 378 g/mol. The van der Waals surface area contributed by atoms with Gasteiger partial charge >= 0.3 is 0 Å². The molecule has 28 heavy (non-hydrogen) atoms. The number of hydrogen-bond acceptors (Lipinski definition) is 6. The van der Waals surface area contributed by atoms with Crippen molar-refractivity contribution in [1.82, 2.24) is 9.97 Å². The lowest BCUT2D eigenvalue weighted by molar-refractivity contribution is 0.102. The van der Waals surface area contributed by atoms with E-state index in [2.05, 4.69) is 15.3 Å². The molecule has 0 radical (unpaired) electrons. The highest BCUT2D eigenvalue weighted by molar-refractivity contribution is 6.03. The van der Waals surface area contributed by atoms with Gasteiger partial charge in [0.1, 0.15) is 5.69 Å². The molecule has 0 fully saturated rings. The molecule has 2 aromatic carbocycles. The molecule has 1 heterocycles. The molecule has 0 saturated carbocycles. The summed E-state index contributed by atoms with van der Waals surface area (Å²) in [5.74, 6) is 1.23. The second kappa shape index (κ2) is 8.39. The van der Waals surface area contributed by atoms with Crippen LogP contribution in [0.15, 0.2) is 54.6 Å². The molecule has 1 aromatic heterocycles. The second-order valence-electron chi connectivity index (χ2n) is 6.11. The van der Waals surface area contributed by atoms with Crippen LogP contribution in [0.25, 0.3) is 0 Å². The van der Waals surface area contributed by atoms with E-state index in [1.54, 1.807) is 38.5 Å². The summed E-state index contributed by atoms with van der Waals surface area (Å²) in [4.78, 5) is 23.5. The first-order valence-electron chi connectivity index (χ1n) is 8.69. The lowest BCUT2D eigenvalue weighted by Crippen LogP contribution is -2.19. The molecule has 0 aliphatic rings. The van der Waals surface area contributed by atoms with Crippen molar-refractivity contribution in [1.29, 1.82) is 0 Å². The van der Waals surface area contributed by atoms with Crippen molar-refractivity contribution < 1.29 is 14.3 Å². The minimum atomic E-state index is -0.333. The van der Waals surface area contributed by atoms with E-state index in [4.69, 9.17) is 9.47 Å². The van der Waals surface area contributed by atoms with Crippen LogP contribution in [0.1, 0.15) is 16.2 Å². The molecule has 0 saturated heterocycles.